The van der Waals surface area contributed by atoms with Crippen molar-refractivity contribution in [3.05, 3.63) is 70.3 Å². The predicted molar refractivity (Wildman–Crippen MR) is 115 cm³/mol. The van der Waals surface area contributed by atoms with Gasteiger partial charge in [0.1, 0.15) is 5.82 Å². The second-order valence-electron chi connectivity index (χ2n) is 6.54. The van der Waals surface area contributed by atoms with Gasteiger partial charge >= 0.3 is 0 Å². The molecular formula is C23H31N3. The molecule has 26 heavy (non-hydrogen) atoms. The lowest BCUT2D eigenvalue weighted by molar-refractivity contribution is 1.10. The van der Waals surface area contributed by atoms with Crippen LogP contribution < -0.4 is 11.1 Å². The highest BCUT2D eigenvalue weighted by molar-refractivity contribution is 6.00. The minimum atomic E-state index is 0.715. The molecule has 1 heterocycles. The van der Waals surface area contributed by atoms with Gasteiger partial charge in [0.2, 0.25) is 0 Å². The molecule has 0 atom stereocenters. The molecule has 3 heteroatoms. The van der Waals surface area contributed by atoms with Gasteiger partial charge in [0.25, 0.3) is 0 Å². The van der Waals surface area contributed by atoms with E-state index in [1.165, 1.54) is 27.6 Å². The van der Waals surface area contributed by atoms with Gasteiger partial charge in [-0.3, -0.25) is 0 Å². The van der Waals surface area contributed by atoms with Crippen molar-refractivity contribution in [2.24, 2.45) is 0 Å². The summed E-state index contributed by atoms with van der Waals surface area (Å²) in [6.07, 6.45) is 0.891. The predicted octanol–water partition coefficient (Wildman–Crippen LogP) is 5.65. The number of fused-ring (bicyclic) bond motifs is 1. The van der Waals surface area contributed by atoms with Crippen LogP contribution in [-0.2, 0) is 6.42 Å². The number of anilines is 1. The van der Waals surface area contributed by atoms with Crippen molar-refractivity contribution in [1.29, 1.82) is 0 Å². The number of nitrogens with one attached hydrogen (secondary N) is 2. The number of H-pyrrole nitrogens is 1. The molecule has 0 amide bonds. The van der Waals surface area contributed by atoms with Crippen LogP contribution in [0.3, 0.4) is 0 Å². The van der Waals surface area contributed by atoms with Gasteiger partial charge < -0.3 is 16.0 Å². The van der Waals surface area contributed by atoms with Crippen LogP contribution in [0.5, 0.6) is 0 Å². The molecule has 138 valence electrons. The van der Waals surface area contributed by atoms with E-state index in [1.807, 2.05) is 20.9 Å². The molecule has 0 aliphatic carbocycles. The first-order valence-electron chi connectivity index (χ1n) is 9.31. The molecule has 1 aromatic heterocycles. The zero-order chi connectivity index (χ0) is 19.3. The highest BCUT2D eigenvalue weighted by Crippen LogP contribution is 2.34. The fraction of sp³-hybridized carbons (Fsp3) is 0.304. The summed E-state index contributed by atoms with van der Waals surface area (Å²) in [7, 11) is 1.95. The fourth-order valence-corrected chi connectivity index (χ4v) is 3.30. The summed E-state index contributed by atoms with van der Waals surface area (Å²) in [5, 5.41) is 4.52. The van der Waals surface area contributed by atoms with Crippen LogP contribution in [0.15, 0.2) is 48.0 Å². The fourth-order valence-electron chi connectivity index (χ4n) is 3.30. The number of hydrogen-bond acceptors (Lipinski definition) is 2. The standard InChI is InChI=1S/C21H25N3.C2H6/c1-13(2)20(23-4)19-18-16(6-5-7-17(18)24-21(19)22)12-15-10-8-14(3)9-11-15;1-2/h5-11,23-24H,12,22H2,1-4H3;1-2H3. The number of benzene rings is 2. The van der Waals surface area contributed by atoms with Crippen molar-refractivity contribution in [3.8, 4) is 0 Å². The molecule has 3 rings (SSSR count). The number of allylic oxidation sites excluding steroid dienone is 1. The Kier molecular flexibility index (Phi) is 6.51. The van der Waals surface area contributed by atoms with Gasteiger partial charge in [0, 0.05) is 29.2 Å². The molecule has 0 saturated heterocycles. The Hall–Kier alpha value is -2.68. The van der Waals surface area contributed by atoms with Crippen LogP contribution in [0.4, 0.5) is 5.82 Å². The van der Waals surface area contributed by atoms with E-state index in [1.54, 1.807) is 0 Å². The average molecular weight is 350 g/mol. The smallest absolute Gasteiger partial charge is 0.111 e. The van der Waals surface area contributed by atoms with Gasteiger partial charge in [-0.1, -0.05) is 61.4 Å². The number of nitrogen functional groups attached to an aromatic ring is 1. The van der Waals surface area contributed by atoms with Crippen LogP contribution >= 0.6 is 0 Å². The lowest BCUT2D eigenvalue weighted by Crippen LogP contribution is -2.08. The van der Waals surface area contributed by atoms with Crippen molar-refractivity contribution < 1.29 is 0 Å². The zero-order valence-electron chi connectivity index (χ0n) is 16.8. The molecule has 3 aromatic rings. The number of rotatable bonds is 4. The van der Waals surface area contributed by atoms with Crippen LogP contribution in [0, 0.1) is 6.92 Å². The largest absolute Gasteiger partial charge is 0.388 e. The Morgan fingerprint density at radius 3 is 2.27 bits per heavy atom. The summed E-state index contributed by atoms with van der Waals surface area (Å²) in [4.78, 5) is 3.34. The highest BCUT2D eigenvalue weighted by atomic mass is 14.9. The van der Waals surface area contributed by atoms with Crippen molar-refractivity contribution in [2.75, 3.05) is 12.8 Å². The summed E-state index contributed by atoms with van der Waals surface area (Å²) in [5.74, 6) is 0.715. The SMILES string of the molecule is CC.CNC(=C(C)C)c1c(N)[nH]c2cccc(Cc3ccc(C)cc3)c12. The lowest BCUT2D eigenvalue weighted by atomic mass is 9.96. The van der Waals surface area contributed by atoms with Gasteiger partial charge in [-0.15, -0.1) is 0 Å². The van der Waals surface area contributed by atoms with Crippen LogP contribution in [0.25, 0.3) is 16.6 Å². The second-order valence-corrected chi connectivity index (χ2v) is 6.54. The molecule has 3 nitrogen and oxygen atoms in total. The summed E-state index contributed by atoms with van der Waals surface area (Å²) >= 11 is 0. The molecule has 0 bridgehead atoms. The molecule has 0 fully saturated rings. The van der Waals surface area contributed by atoms with Crippen molar-refractivity contribution in [1.82, 2.24) is 10.3 Å². The second kappa shape index (κ2) is 8.61. The molecule has 0 aliphatic rings. The maximum Gasteiger partial charge on any atom is 0.111 e. The third kappa shape index (κ3) is 3.93. The normalized spacial score (nSPS) is 10.2. The number of aromatic amines is 1. The first-order valence-corrected chi connectivity index (χ1v) is 9.31. The minimum Gasteiger partial charge on any atom is -0.388 e. The van der Waals surface area contributed by atoms with Gasteiger partial charge in [0.05, 0.1) is 0 Å². The lowest BCUT2D eigenvalue weighted by Gasteiger charge is -2.12. The van der Waals surface area contributed by atoms with E-state index in [4.69, 9.17) is 5.73 Å². The molecular weight excluding hydrogens is 318 g/mol. The third-order valence-corrected chi connectivity index (χ3v) is 4.45. The zero-order valence-corrected chi connectivity index (χ0v) is 16.8. The van der Waals surface area contributed by atoms with E-state index in [2.05, 4.69) is 73.5 Å². The molecule has 0 aliphatic heterocycles. The Labute approximate surface area is 157 Å². The summed E-state index contributed by atoms with van der Waals surface area (Å²) in [5.41, 5.74) is 14.7. The van der Waals surface area contributed by atoms with Crippen LogP contribution in [-0.4, -0.2) is 12.0 Å². The van der Waals surface area contributed by atoms with E-state index in [9.17, 15) is 0 Å². The molecule has 0 unspecified atom stereocenters. The molecule has 4 N–H and O–H groups in total. The van der Waals surface area contributed by atoms with Crippen molar-refractivity contribution in [3.63, 3.8) is 0 Å². The first kappa shape index (κ1) is 19.6. The topological polar surface area (TPSA) is 53.8 Å². The van der Waals surface area contributed by atoms with E-state index in [0.717, 1.165) is 23.2 Å². The van der Waals surface area contributed by atoms with Gasteiger partial charge in [-0.2, -0.15) is 0 Å². The summed E-state index contributed by atoms with van der Waals surface area (Å²) < 4.78 is 0. The number of nitrogens with two attached hydrogens (primary N) is 1. The Morgan fingerprint density at radius 2 is 1.69 bits per heavy atom. The number of aromatic nitrogens is 1. The minimum absolute atomic E-state index is 0.715. The van der Waals surface area contributed by atoms with E-state index < -0.39 is 0 Å². The first-order chi connectivity index (χ1) is 12.5. The van der Waals surface area contributed by atoms with E-state index in [0.29, 0.717) is 5.82 Å². The molecule has 2 aromatic carbocycles. The third-order valence-electron chi connectivity index (χ3n) is 4.45. The Bertz CT molecular complexity index is 895. The van der Waals surface area contributed by atoms with Crippen LogP contribution in [0.2, 0.25) is 0 Å². The monoisotopic (exact) mass is 349 g/mol. The maximum absolute atomic E-state index is 6.32. The number of hydrogen-bond donors (Lipinski definition) is 3. The summed E-state index contributed by atoms with van der Waals surface area (Å²) in [6.45, 7) is 10.3. The summed E-state index contributed by atoms with van der Waals surface area (Å²) in [6, 6.07) is 15.1. The Balaban J connectivity index is 0.00000117. The van der Waals surface area contributed by atoms with Gasteiger partial charge in [-0.05, 0) is 44.4 Å². The highest BCUT2D eigenvalue weighted by Gasteiger charge is 2.17. The van der Waals surface area contributed by atoms with Gasteiger partial charge in [-0.25, -0.2) is 0 Å². The van der Waals surface area contributed by atoms with E-state index >= 15 is 0 Å². The van der Waals surface area contributed by atoms with Crippen molar-refractivity contribution >= 4 is 22.4 Å². The van der Waals surface area contributed by atoms with Crippen molar-refractivity contribution in [2.45, 2.75) is 41.0 Å². The maximum atomic E-state index is 6.32. The molecule has 0 radical (unpaired) electrons. The average Bonchev–Trinajstić information content (AvgIpc) is 2.96. The quantitative estimate of drug-likeness (QED) is 0.570. The Morgan fingerprint density at radius 1 is 1.04 bits per heavy atom. The van der Waals surface area contributed by atoms with Gasteiger partial charge in [0.15, 0.2) is 0 Å². The van der Waals surface area contributed by atoms with E-state index in [-0.39, 0.29) is 0 Å². The molecule has 0 saturated carbocycles. The number of aryl methyl sites for hydroxylation is 1. The molecule has 0 spiro atoms. The van der Waals surface area contributed by atoms with Crippen LogP contribution in [0.1, 0.15) is 49.9 Å².